The molecule has 0 saturated carbocycles. The van der Waals surface area contributed by atoms with Gasteiger partial charge in [0.05, 0.1) is 16.7 Å². The lowest BCUT2D eigenvalue weighted by Gasteiger charge is -2.13. The zero-order valence-corrected chi connectivity index (χ0v) is 15.9. The molecule has 0 aliphatic heterocycles. The molecule has 0 fully saturated rings. The van der Waals surface area contributed by atoms with Gasteiger partial charge in [-0.15, -0.1) is 0 Å². The van der Waals surface area contributed by atoms with E-state index in [9.17, 15) is 15.8 Å². The predicted molar refractivity (Wildman–Crippen MR) is 114 cm³/mol. The van der Waals surface area contributed by atoms with Gasteiger partial charge in [0.25, 0.3) is 0 Å². The quantitative estimate of drug-likeness (QED) is 0.585. The lowest BCUT2D eigenvalue weighted by Crippen LogP contribution is -2.05. The summed E-state index contributed by atoms with van der Waals surface area (Å²) in [7, 11) is -1.53. The highest BCUT2D eigenvalue weighted by atomic mass is 31.1. The molecule has 3 aromatic carbocycles. The molecule has 0 bridgehead atoms. The zero-order valence-electron chi connectivity index (χ0n) is 15.0. The highest BCUT2D eigenvalue weighted by Crippen LogP contribution is 2.39. The number of nitrogens with zero attached hydrogens (tertiary/aromatic N) is 3. The molecule has 0 radical (unpaired) electrons. The van der Waals surface area contributed by atoms with E-state index in [1.165, 1.54) is 0 Å². The topological polar surface area (TPSA) is 71.4 Å². The highest BCUT2D eigenvalue weighted by molar-refractivity contribution is 7.63. The molecule has 0 aliphatic rings. The van der Waals surface area contributed by atoms with Gasteiger partial charge in [-0.1, -0.05) is 98.2 Å². The first-order valence-electron chi connectivity index (χ1n) is 8.69. The van der Waals surface area contributed by atoms with Gasteiger partial charge in [-0.3, -0.25) is 0 Å². The number of hydrogen-bond donors (Lipinski definition) is 0. The third kappa shape index (κ3) is 3.95. The van der Waals surface area contributed by atoms with Crippen LogP contribution in [0.1, 0.15) is 22.3 Å². The van der Waals surface area contributed by atoms with Gasteiger partial charge in [0.2, 0.25) is 0 Å². The van der Waals surface area contributed by atoms with Crippen molar-refractivity contribution >= 4 is 17.8 Å². The second kappa shape index (κ2) is 9.21. The van der Waals surface area contributed by atoms with E-state index in [0.29, 0.717) is 10.6 Å². The van der Waals surface area contributed by atoms with Crippen molar-refractivity contribution in [2.75, 3.05) is 0 Å². The van der Waals surface area contributed by atoms with Crippen LogP contribution in [0.2, 0.25) is 0 Å². The molecule has 0 heterocycles. The zero-order chi connectivity index (χ0) is 19.8. The summed E-state index contributed by atoms with van der Waals surface area (Å²) in [6.45, 7) is 0. The van der Waals surface area contributed by atoms with Crippen LogP contribution < -0.4 is 0 Å². The number of rotatable bonds is 4. The van der Waals surface area contributed by atoms with Crippen molar-refractivity contribution in [3.63, 3.8) is 0 Å². The van der Waals surface area contributed by atoms with E-state index in [4.69, 9.17) is 0 Å². The summed E-state index contributed by atoms with van der Waals surface area (Å²) in [6.07, 6.45) is 0. The Bertz CT molecular complexity index is 1100. The number of benzene rings is 3. The summed E-state index contributed by atoms with van der Waals surface area (Å²) >= 11 is 0. The van der Waals surface area contributed by atoms with Crippen molar-refractivity contribution in [2.45, 2.75) is 5.66 Å². The Morgan fingerprint density at radius 1 is 0.607 bits per heavy atom. The standard InChI is InChI=1S/C24H16N3P/c25-16-22(19-10-4-1-5-11-19)28(23(17-26)20-12-6-2-7-13-20)24(18-27)21-14-8-3-9-15-21/h1-15,22H. The van der Waals surface area contributed by atoms with Crippen molar-refractivity contribution in [2.24, 2.45) is 0 Å². The number of nitriles is 3. The first-order chi connectivity index (χ1) is 13.8. The molecule has 1 unspecified atom stereocenters. The third-order valence-corrected chi connectivity index (χ3v) is 6.89. The Labute approximate surface area is 165 Å². The van der Waals surface area contributed by atoms with Gasteiger partial charge in [0, 0.05) is 0 Å². The predicted octanol–water partition coefficient (Wildman–Crippen LogP) is 5.22. The van der Waals surface area contributed by atoms with E-state index >= 15 is 0 Å². The molecule has 0 saturated heterocycles. The van der Waals surface area contributed by atoms with E-state index in [2.05, 4.69) is 18.2 Å². The molecule has 4 heteroatoms. The molecule has 0 aliphatic carbocycles. The maximum atomic E-state index is 10.1. The molecule has 0 aromatic heterocycles. The summed E-state index contributed by atoms with van der Waals surface area (Å²) < 4.78 is 0. The molecule has 0 spiro atoms. The average Bonchev–Trinajstić information content (AvgIpc) is 2.77. The van der Waals surface area contributed by atoms with Crippen LogP contribution in [0, 0.1) is 34.0 Å². The maximum Gasteiger partial charge on any atom is 0.112 e. The molecular weight excluding hydrogens is 361 g/mol. The normalized spacial score (nSPS) is 12.5. The maximum absolute atomic E-state index is 10.1. The van der Waals surface area contributed by atoms with Gasteiger partial charge >= 0.3 is 0 Å². The molecule has 132 valence electrons. The van der Waals surface area contributed by atoms with Gasteiger partial charge in [-0.2, -0.15) is 15.8 Å². The molecule has 3 aromatic rings. The van der Waals surface area contributed by atoms with E-state index in [1.54, 1.807) is 0 Å². The summed E-state index contributed by atoms with van der Waals surface area (Å²) in [5.74, 6) is 0. The van der Waals surface area contributed by atoms with Gasteiger partial charge in [0.15, 0.2) is 0 Å². The largest absolute Gasteiger partial charge is 0.197 e. The first kappa shape index (κ1) is 18.9. The van der Waals surface area contributed by atoms with Crippen LogP contribution >= 0.6 is 7.17 Å². The van der Waals surface area contributed by atoms with Gasteiger partial charge in [-0.25, -0.2) is 0 Å². The molecule has 1 atom stereocenters. The smallest absolute Gasteiger partial charge is 0.112 e. The molecular formula is C24H16N3P. The van der Waals surface area contributed by atoms with Gasteiger partial charge in [0.1, 0.15) is 17.8 Å². The minimum Gasteiger partial charge on any atom is -0.197 e. The fraction of sp³-hybridized carbons (Fsp3) is 0.0417. The molecule has 3 nitrogen and oxygen atoms in total. The second-order valence-corrected chi connectivity index (χ2v) is 8.12. The van der Waals surface area contributed by atoms with Gasteiger partial charge < -0.3 is 0 Å². The SMILES string of the molecule is N#CC(c1ccccc1)=P(=C(C#N)c1ccccc1)C(C#N)c1ccccc1. The van der Waals surface area contributed by atoms with Crippen molar-refractivity contribution < 1.29 is 0 Å². The van der Waals surface area contributed by atoms with Crippen LogP contribution in [0.15, 0.2) is 91.0 Å². The number of hydrogen-bond acceptors (Lipinski definition) is 3. The Hall–Kier alpha value is -3.83. The van der Waals surface area contributed by atoms with Crippen LogP contribution in [0.3, 0.4) is 0 Å². The molecule has 3 rings (SSSR count). The Morgan fingerprint density at radius 2 is 1.00 bits per heavy atom. The fourth-order valence-corrected chi connectivity index (χ4v) is 5.39. The van der Waals surface area contributed by atoms with Crippen LogP contribution in [0.25, 0.3) is 0 Å². The van der Waals surface area contributed by atoms with Crippen molar-refractivity contribution in [1.82, 2.24) is 0 Å². The monoisotopic (exact) mass is 377 g/mol. The Morgan fingerprint density at radius 3 is 1.36 bits per heavy atom. The summed E-state index contributed by atoms with van der Waals surface area (Å²) in [5.41, 5.74) is 1.70. The summed E-state index contributed by atoms with van der Waals surface area (Å²) in [6, 6.07) is 35.0. The Kier molecular flexibility index (Phi) is 6.23. The van der Waals surface area contributed by atoms with Crippen molar-refractivity contribution in [1.29, 1.82) is 15.8 Å². The molecule has 0 N–H and O–H groups in total. The minimum atomic E-state index is -1.53. The Balaban J connectivity index is 2.47. The molecule has 0 amide bonds. The highest BCUT2D eigenvalue weighted by Gasteiger charge is 2.20. The van der Waals surface area contributed by atoms with E-state index in [0.717, 1.165) is 16.7 Å². The van der Waals surface area contributed by atoms with E-state index in [1.807, 2.05) is 91.0 Å². The van der Waals surface area contributed by atoms with Crippen molar-refractivity contribution in [3.05, 3.63) is 108 Å². The lowest BCUT2D eigenvalue weighted by molar-refractivity contribution is 1.22. The lowest BCUT2D eigenvalue weighted by atomic mass is 10.1. The second-order valence-electron chi connectivity index (χ2n) is 5.97. The summed E-state index contributed by atoms with van der Waals surface area (Å²) in [4.78, 5) is 0. The first-order valence-corrected chi connectivity index (χ1v) is 10.1. The van der Waals surface area contributed by atoms with Crippen LogP contribution in [-0.4, -0.2) is 10.6 Å². The van der Waals surface area contributed by atoms with Crippen LogP contribution in [0.4, 0.5) is 0 Å². The summed E-state index contributed by atoms with van der Waals surface area (Å²) in [5, 5.41) is 31.1. The van der Waals surface area contributed by atoms with Gasteiger partial charge in [-0.05, 0) is 16.7 Å². The van der Waals surface area contributed by atoms with E-state index in [-0.39, 0.29) is 0 Å². The van der Waals surface area contributed by atoms with Crippen LogP contribution in [-0.2, 0) is 0 Å². The van der Waals surface area contributed by atoms with Crippen LogP contribution in [0.5, 0.6) is 0 Å². The minimum absolute atomic E-state index is 0.478. The fourth-order valence-electron chi connectivity index (χ4n) is 2.99. The molecule has 28 heavy (non-hydrogen) atoms. The third-order valence-electron chi connectivity index (χ3n) is 4.28. The van der Waals surface area contributed by atoms with E-state index < -0.39 is 12.8 Å². The van der Waals surface area contributed by atoms with Crippen molar-refractivity contribution in [3.8, 4) is 18.2 Å². The average molecular weight is 377 g/mol.